The van der Waals surface area contributed by atoms with Gasteiger partial charge in [0.1, 0.15) is 0 Å². The monoisotopic (exact) mass is 174 g/mol. The Hall–Kier alpha value is -0.120. The summed E-state index contributed by atoms with van der Waals surface area (Å²) in [5, 5.41) is 1.99. The normalized spacial score (nSPS) is 13.8. The van der Waals surface area contributed by atoms with Crippen LogP contribution in [0.15, 0.2) is 0 Å². The van der Waals surface area contributed by atoms with Gasteiger partial charge in [0, 0.05) is 19.1 Å². The van der Waals surface area contributed by atoms with Gasteiger partial charge in [-0.3, -0.25) is 4.84 Å². The summed E-state index contributed by atoms with van der Waals surface area (Å²) in [6.07, 6.45) is 2.19. The summed E-state index contributed by atoms with van der Waals surface area (Å²) in [5.74, 6) is 0. The molecule has 0 saturated carbocycles. The van der Waals surface area contributed by atoms with E-state index in [1.54, 1.807) is 0 Å². The van der Waals surface area contributed by atoms with E-state index in [4.69, 9.17) is 10.6 Å². The van der Waals surface area contributed by atoms with Crippen LogP contribution in [0.2, 0.25) is 0 Å². The summed E-state index contributed by atoms with van der Waals surface area (Å²) in [6, 6.07) is 0.310. The van der Waals surface area contributed by atoms with Gasteiger partial charge in [-0.25, -0.2) is 0 Å². The molecule has 0 amide bonds. The lowest BCUT2D eigenvalue weighted by molar-refractivity contribution is -0.151. The van der Waals surface area contributed by atoms with Crippen molar-refractivity contribution >= 4 is 0 Å². The minimum absolute atomic E-state index is 0.310. The van der Waals surface area contributed by atoms with Crippen LogP contribution < -0.4 is 5.73 Å². The van der Waals surface area contributed by atoms with Crippen LogP contribution >= 0.6 is 0 Å². The van der Waals surface area contributed by atoms with E-state index in [1.165, 1.54) is 0 Å². The number of hydrogen-bond donors (Lipinski definition) is 1. The molecule has 0 heterocycles. The molecule has 3 nitrogen and oxygen atoms in total. The summed E-state index contributed by atoms with van der Waals surface area (Å²) < 4.78 is 0. The molecule has 12 heavy (non-hydrogen) atoms. The molecule has 3 heteroatoms. The predicted octanol–water partition coefficient (Wildman–Crippen LogP) is 1.39. The van der Waals surface area contributed by atoms with Gasteiger partial charge in [-0.1, -0.05) is 6.92 Å². The van der Waals surface area contributed by atoms with Crippen molar-refractivity contribution in [3.05, 3.63) is 0 Å². The van der Waals surface area contributed by atoms with Crippen LogP contribution in [0.25, 0.3) is 0 Å². The predicted molar refractivity (Wildman–Crippen MR) is 51.8 cm³/mol. The number of nitrogens with two attached hydrogens (primary N) is 1. The number of nitrogens with zero attached hydrogens (tertiary/aromatic N) is 1. The number of hydroxylamine groups is 2. The Morgan fingerprint density at radius 1 is 1.42 bits per heavy atom. The van der Waals surface area contributed by atoms with E-state index in [0.717, 1.165) is 32.5 Å². The largest absolute Gasteiger partial charge is 0.328 e. The molecule has 0 aliphatic rings. The molecule has 1 unspecified atom stereocenters. The molecule has 0 radical (unpaired) electrons. The Bertz CT molecular complexity index is 96.5. The Morgan fingerprint density at radius 2 is 2.08 bits per heavy atom. The maximum absolute atomic E-state index is 5.63. The molecule has 0 spiro atoms. The maximum atomic E-state index is 5.63. The molecule has 0 bridgehead atoms. The van der Waals surface area contributed by atoms with Crippen molar-refractivity contribution in [2.75, 3.05) is 19.7 Å². The maximum Gasteiger partial charge on any atom is 0.0656 e. The van der Waals surface area contributed by atoms with Gasteiger partial charge < -0.3 is 5.73 Å². The van der Waals surface area contributed by atoms with Gasteiger partial charge in [-0.2, -0.15) is 5.06 Å². The highest BCUT2D eigenvalue weighted by Crippen LogP contribution is 1.98. The van der Waals surface area contributed by atoms with Crippen LogP contribution in [0.4, 0.5) is 0 Å². The summed E-state index contributed by atoms with van der Waals surface area (Å²) >= 11 is 0. The van der Waals surface area contributed by atoms with Crippen molar-refractivity contribution in [2.24, 2.45) is 5.73 Å². The SMILES string of the molecule is CCON(CC)CCCC(C)N. The quantitative estimate of drug-likeness (QED) is 0.593. The zero-order valence-corrected chi connectivity index (χ0v) is 8.55. The first kappa shape index (κ1) is 11.9. The fraction of sp³-hybridized carbons (Fsp3) is 1.00. The topological polar surface area (TPSA) is 38.5 Å². The molecule has 0 aliphatic heterocycles. The van der Waals surface area contributed by atoms with E-state index in [0.29, 0.717) is 6.04 Å². The summed E-state index contributed by atoms with van der Waals surface area (Å²) in [6.45, 7) is 8.84. The van der Waals surface area contributed by atoms with Crippen molar-refractivity contribution < 1.29 is 4.84 Å². The Labute approximate surface area is 75.8 Å². The smallest absolute Gasteiger partial charge is 0.0656 e. The van der Waals surface area contributed by atoms with Crippen LogP contribution in [-0.4, -0.2) is 30.8 Å². The zero-order valence-electron chi connectivity index (χ0n) is 8.55. The van der Waals surface area contributed by atoms with Gasteiger partial charge in [0.25, 0.3) is 0 Å². The van der Waals surface area contributed by atoms with Crippen LogP contribution in [0.1, 0.15) is 33.6 Å². The molecule has 0 aromatic rings. The standard InChI is InChI=1S/C9H22N2O/c1-4-11(12-5-2)8-6-7-9(3)10/h9H,4-8,10H2,1-3H3. The number of rotatable bonds is 7. The molecule has 0 aromatic carbocycles. The molecule has 74 valence electrons. The van der Waals surface area contributed by atoms with E-state index < -0.39 is 0 Å². The third kappa shape index (κ3) is 6.58. The molecule has 0 saturated heterocycles. The summed E-state index contributed by atoms with van der Waals surface area (Å²) in [4.78, 5) is 5.37. The third-order valence-electron chi connectivity index (χ3n) is 1.73. The number of hydrogen-bond acceptors (Lipinski definition) is 3. The van der Waals surface area contributed by atoms with Gasteiger partial charge in [0.2, 0.25) is 0 Å². The van der Waals surface area contributed by atoms with Gasteiger partial charge in [0.05, 0.1) is 6.61 Å². The van der Waals surface area contributed by atoms with Crippen molar-refractivity contribution in [2.45, 2.75) is 39.7 Å². The summed E-state index contributed by atoms with van der Waals surface area (Å²) in [5.41, 5.74) is 5.63. The van der Waals surface area contributed by atoms with E-state index >= 15 is 0 Å². The Kier molecular flexibility index (Phi) is 7.45. The second-order valence-electron chi connectivity index (χ2n) is 3.06. The van der Waals surface area contributed by atoms with Crippen molar-refractivity contribution in [3.63, 3.8) is 0 Å². The van der Waals surface area contributed by atoms with Crippen LogP contribution in [0.5, 0.6) is 0 Å². The van der Waals surface area contributed by atoms with Gasteiger partial charge in [-0.15, -0.1) is 0 Å². The van der Waals surface area contributed by atoms with Crippen LogP contribution in [0, 0.1) is 0 Å². The fourth-order valence-corrected chi connectivity index (χ4v) is 1.09. The van der Waals surface area contributed by atoms with Crippen LogP contribution in [0.3, 0.4) is 0 Å². The highest BCUT2D eigenvalue weighted by molar-refractivity contribution is 4.54. The first-order chi connectivity index (χ1) is 5.70. The average molecular weight is 174 g/mol. The third-order valence-corrected chi connectivity index (χ3v) is 1.73. The highest BCUT2D eigenvalue weighted by atomic mass is 16.7. The first-order valence-corrected chi connectivity index (χ1v) is 4.84. The van der Waals surface area contributed by atoms with Crippen LogP contribution in [-0.2, 0) is 4.84 Å². The second kappa shape index (κ2) is 7.53. The Balaban J connectivity index is 3.31. The first-order valence-electron chi connectivity index (χ1n) is 4.84. The van der Waals surface area contributed by atoms with Crippen molar-refractivity contribution in [1.82, 2.24) is 5.06 Å². The van der Waals surface area contributed by atoms with Gasteiger partial charge >= 0.3 is 0 Å². The minimum Gasteiger partial charge on any atom is -0.328 e. The Morgan fingerprint density at radius 3 is 2.50 bits per heavy atom. The molecular weight excluding hydrogens is 152 g/mol. The second-order valence-corrected chi connectivity index (χ2v) is 3.06. The molecule has 0 fully saturated rings. The van der Waals surface area contributed by atoms with E-state index in [-0.39, 0.29) is 0 Å². The lowest BCUT2D eigenvalue weighted by Gasteiger charge is -2.19. The van der Waals surface area contributed by atoms with E-state index in [2.05, 4.69) is 6.92 Å². The molecule has 0 aliphatic carbocycles. The van der Waals surface area contributed by atoms with Gasteiger partial charge in [-0.05, 0) is 26.7 Å². The van der Waals surface area contributed by atoms with Crippen molar-refractivity contribution in [3.8, 4) is 0 Å². The summed E-state index contributed by atoms with van der Waals surface area (Å²) in [7, 11) is 0. The molecular formula is C9H22N2O. The van der Waals surface area contributed by atoms with E-state index in [1.807, 2.05) is 18.9 Å². The van der Waals surface area contributed by atoms with Gasteiger partial charge in [0.15, 0.2) is 0 Å². The van der Waals surface area contributed by atoms with Crippen molar-refractivity contribution in [1.29, 1.82) is 0 Å². The lowest BCUT2D eigenvalue weighted by atomic mass is 10.2. The lowest BCUT2D eigenvalue weighted by Crippen LogP contribution is -2.26. The highest BCUT2D eigenvalue weighted by Gasteiger charge is 2.01. The average Bonchev–Trinajstić information content (AvgIpc) is 2.02. The molecule has 2 N–H and O–H groups in total. The van der Waals surface area contributed by atoms with E-state index in [9.17, 15) is 0 Å². The molecule has 0 rings (SSSR count). The zero-order chi connectivity index (χ0) is 9.40. The fourth-order valence-electron chi connectivity index (χ4n) is 1.09. The molecule has 1 atom stereocenters. The molecule has 0 aromatic heterocycles. The minimum atomic E-state index is 0.310.